The number of esters is 1. The van der Waals surface area contributed by atoms with Crippen LogP contribution in [0.15, 0.2) is 78.2 Å². The van der Waals surface area contributed by atoms with Gasteiger partial charge in [-0.3, -0.25) is 14.4 Å². The van der Waals surface area contributed by atoms with Gasteiger partial charge < -0.3 is 25.4 Å². The Bertz CT molecular complexity index is 1680. The standard InChI is InChI=1S/C34H38FN5O4.C3H8.C2H6.2CH2O/c1-8-34(7,16-29(32(36)43)40-30-13-12-21(2)17-37-30)27-11-9-10-25(26(27)19-44-22(3)42)31-23(18-38-39-20-41)14-24(15-28(31)35)33(4,5)6;1-3-2;3*1-2/h8-18,20H,1,19H2,2-7H3,(H2,36,43)(H,37,40)(H,39,41);3H2,1-2H3;1-2H3;2*1H2/b29-16+,38-18-;;;;. The van der Waals surface area contributed by atoms with Crippen LogP contribution in [0.5, 0.6) is 0 Å². The van der Waals surface area contributed by atoms with Gasteiger partial charge >= 0.3 is 5.97 Å². The average Bonchev–Trinajstić information content (AvgIpc) is 3.13. The number of carbonyl (C=O) groups is 5. The second-order valence-corrected chi connectivity index (χ2v) is 12.3. The highest BCUT2D eigenvalue weighted by Gasteiger charge is 2.29. The average molecular weight is 734 g/mol. The Balaban J connectivity index is 0. The summed E-state index contributed by atoms with van der Waals surface area (Å²) in [5, 5.41) is 6.90. The fraction of sp³-hybridized carbons (Fsp3) is 0.341. The number of nitrogens with two attached hydrogens (primary N) is 1. The number of nitrogens with zero attached hydrogens (tertiary/aromatic N) is 2. The zero-order valence-corrected chi connectivity index (χ0v) is 32.8. The Labute approximate surface area is 314 Å². The molecule has 3 rings (SSSR count). The summed E-state index contributed by atoms with van der Waals surface area (Å²) in [7, 11) is 0. The van der Waals surface area contributed by atoms with Crippen molar-refractivity contribution in [2.45, 2.75) is 93.1 Å². The Morgan fingerprint density at radius 1 is 1.04 bits per heavy atom. The summed E-state index contributed by atoms with van der Waals surface area (Å²) < 4.78 is 21.6. The first kappa shape index (κ1) is 49.3. The van der Waals surface area contributed by atoms with Crippen LogP contribution in [0, 0.1) is 12.7 Å². The van der Waals surface area contributed by atoms with E-state index < -0.39 is 23.1 Å². The number of aromatic nitrogens is 1. The molecule has 53 heavy (non-hydrogen) atoms. The molecule has 12 heteroatoms. The molecule has 4 N–H and O–H groups in total. The van der Waals surface area contributed by atoms with Crippen molar-refractivity contribution in [1.82, 2.24) is 10.4 Å². The summed E-state index contributed by atoms with van der Waals surface area (Å²) in [5.74, 6) is -1.39. The lowest BCUT2D eigenvalue weighted by molar-refractivity contribution is -0.142. The lowest BCUT2D eigenvalue weighted by Crippen LogP contribution is -2.26. The Morgan fingerprint density at radius 2 is 1.64 bits per heavy atom. The predicted octanol–water partition coefficient (Wildman–Crippen LogP) is 7.63. The molecule has 288 valence electrons. The zero-order valence-electron chi connectivity index (χ0n) is 32.8. The molecule has 2 aromatic carbocycles. The topological polar surface area (TPSA) is 170 Å². The second-order valence-electron chi connectivity index (χ2n) is 12.3. The molecule has 0 aliphatic heterocycles. The van der Waals surface area contributed by atoms with Crippen LogP contribution in [0.2, 0.25) is 0 Å². The van der Waals surface area contributed by atoms with Crippen LogP contribution in [-0.2, 0) is 46.1 Å². The fourth-order valence-electron chi connectivity index (χ4n) is 4.63. The molecular weight excluding hydrogens is 677 g/mol. The predicted molar refractivity (Wildman–Crippen MR) is 212 cm³/mol. The van der Waals surface area contributed by atoms with Gasteiger partial charge in [0.05, 0.1) is 6.21 Å². The van der Waals surface area contributed by atoms with Crippen LogP contribution >= 0.6 is 0 Å². The highest BCUT2D eigenvalue weighted by Crippen LogP contribution is 2.39. The van der Waals surface area contributed by atoms with Crippen molar-refractivity contribution in [2.75, 3.05) is 5.32 Å². The SMILES string of the molecule is C=CC(C)(/C=C(/Nc1ccc(C)cn1)C(N)=O)c1cccc(-c2c(F)cc(C(C)(C)C)cc2/C=N\NC=O)c1COC(C)=O.C=O.C=O.CC.CCC. The smallest absolute Gasteiger partial charge is 0.302 e. The summed E-state index contributed by atoms with van der Waals surface area (Å²) in [4.78, 5) is 55.8. The van der Waals surface area contributed by atoms with Gasteiger partial charge in [-0.15, -0.1) is 6.58 Å². The molecule has 0 bridgehead atoms. The van der Waals surface area contributed by atoms with Gasteiger partial charge in [0, 0.05) is 35.2 Å². The summed E-state index contributed by atoms with van der Waals surface area (Å²) >= 11 is 0. The van der Waals surface area contributed by atoms with Gasteiger partial charge in [-0.1, -0.05) is 85.2 Å². The fourth-order valence-corrected chi connectivity index (χ4v) is 4.63. The van der Waals surface area contributed by atoms with Gasteiger partial charge in [-0.05, 0) is 65.8 Å². The first-order valence-electron chi connectivity index (χ1n) is 16.9. The lowest BCUT2D eigenvalue weighted by Gasteiger charge is -2.29. The van der Waals surface area contributed by atoms with Crippen LogP contribution in [0.1, 0.15) is 96.6 Å². The molecule has 1 unspecified atom stereocenters. The minimum Gasteiger partial charge on any atom is -0.461 e. The van der Waals surface area contributed by atoms with E-state index in [0.717, 1.165) is 5.56 Å². The highest BCUT2D eigenvalue weighted by molar-refractivity contribution is 5.95. The number of amides is 2. The lowest BCUT2D eigenvalue weighted by atomic mass is 9.76. The maximum absolute atomic E-state index is 16.1. The van der Waals surface area contributed by atoms with Crippen LogP contribution in [0.4, 0.5) is 10.2 Å². The van der Waals surface area contributed by atoms with E-state index in [4.69, 9.17) is 20.1 Å². The summed E-state index contributed by atoms with van der Waals surface area (Å²) in [5.41, 5.74) is 10.3. The van der Waals surface area contributed by atoms with E-state index in [-0.39, 0.29) is 23.3 Å². The van der Waals surface area contributed by atoms with E-state index >= 15 is 4.39 Å². The molecule has 1 atom stereocenters. The summed E-state index contributed by atoms with van der Waals surface area (Å²) in [6.45, 7) is 26.9. The van der Waals surface area contributed by atoms with Gasteiger partial charge in [-0.2, -0.15) is 5.10 Å². The number of carbonyl (C=O) groups excluding carboxylic acids is 5. The molecule has 2 amide bonds. The summed E-state index contributed by atoms with van der Waals surface area (Å²) in [6.07, 6.45) is 7.90. The quantitative estimate of drug-likeness (QED) is 0.0426. The van der Waals surface area contributed by atoms with E-state index in [1.165, 1.54) is 25.6 Å². The van der Waals surface area contributed by atoms with Gasteiger partial charge in [0.2, 0.25) is 6.41 Å². The molecule has 11 nitrogen and oxygen atoms in total. The molecule has 0 aliphatic carbocycles. The van der Waals surface area contributed by atoms with Crippen molar-refractivity contribution in [3.8, 4) is 11.1 Å². The van der Waals surface area contributed by atoms with Crippen molar-refractivity contribution in [1.29, 1.82) is 0 Å². The monoisotopic (exact) mass is 733 g/mol. The normalized spacial score (nSPS) is 11.6. The van der Waals surface area contributed by atoms with Crippen molar-refractivity contribution in [3.05, 3.63) is 107 Å². The Morgan fingerprint density at radius 3 is 2.11 bits per heavy atom. The molecule has 1 aromatic heterocycles. The molecule has 3 aromatic rings. The number of allylic oxidation sites excluding steroid dienone is 2. The molecule has 0 radical (unpaired) electrons. The molecule has 0 spiro atoms. The number of halogens is 1. The molecule has 0 saturated heterocycles. The number of ether oxygens (including phenoxy) is 1. The van der Waals surface area contributed by atoms with Gasteiger partial charge in [0.1, 0.15) is 37.5 Å². The van der Waals surface area contributed by atoms with Crippen molar-refractivity contribution in [3.63, 3.8) is 0 Å². The Kier molecular flexibility index (Phi) is 23.5. The van der Waals surface area contributed by atoms with E-state index in [1.54, 1.807) is 55.6 Å². The van der Waals surface area contributed by atoms with Gasteiger partial charge in [0.25, 0.3) is 5.91 Å². The van der Waals surface area contributed by atoms with Gasteiger partial charge in [-0.25, -0.2) is 14.8 Å². The zero-order chi connectivity index (χ0) is 41.4. The number of hydrogen-bond acceptors (Lipinski definition) is 9. The molecule has 0 fully saturated rings. The van der Waals surface area contributed by atoms with E-state index in [1.807, 2.05) is 61.2 Å². The molecule has 0 saturated carbocycles. The van der Waals surface area contributed by atoms with E-state index in [2.05, 4.69) is 41.3 Å². The van der Waals surface area contributed by atoms with Crippen LogP contribution in [0.25, 0.3) is 11.1 Å². The number of primary amides is 1. The third-order valence-corrected chi connectivity index (χ3v) is 7.07. The van der Waals surface area contributed by atoms with Crippen molar-refractivity contribution >= 4 is 43.9 Å². The van der Waals surface area contributed by atoms with Crippen LogP contribution in [-0.4, -0.2) is 43.1 Å². The van der Waals surface area contributed by atoms with Crippen LogP contribution in [0.3, 0.4) is 0 Å². The molecule has 1 heterocycles. The van der Waals surface area contributed by atoms with Crippen LogP contribution < -0.4 is 16.5 Å². The van der Waals surface area contributed by atoms with E-state index in [9.17, 15) is 14.4 Å². The number of aryl methyl sites for hydroxylation is 1. The first-order chi connectivity index (χ1) is 25.1. The number of anilines is 1. The third kappa shape index (κ3) is 15.6. The molecule has 0 aliphatic rings. The summed E-state index contributed by atoms with van der Waals surface area (Å²) in [6, 6.07) is 12.0. The van der Waals surface area contributed by atoms with E-state index in [0.29, 0.717) is 40.0 Å². The van der Waals surface area contributed by atoms with Crippen molar-refractivity contribution in [2.24, 2.45) is 10.8 Å². The van der Waals surface area contributed by atoms with Gasteiger partial charge in [0.15, 0.2) is 0 Å². The minimum atomic E-state index is -1.07. The number of nitrogens with one attached hydrogen (secondary N) is 2. The number of pyridine rings is 1. The largest absolute Gasteiger partial charge is 0.461 e. The number of rotatable bonds is 12. The molecular formula is C41H56FN5O6. The third-order valence-electron chi connectivity index (χ3n) is 7.07. The maximum atomic E-state index is 16.1. The minimum absolute atomic E-state index is 0.0565. The first-order valence-corrected chi connectivity index (χ1v) is 16.9. The second kappa shape index (κ2) is 25.2. The maximum Gasteiger partial charge on any atom is 0.302 e. The Hall–Kier alpha value is -5.78. The number of hydrazone groups is 1. The van der Waals surface area contributed by atoms with Crippen molar-refractivity contribution < 1.29 is 33.1 Å². The number of benzene rings is 2. The highest BCUT2D eigenvalue weighted by atomic mass is 19.1. The number of hydrogen-bond donors (Lipinski definition) is 3.